The highest BCUT2D eigenvalue weighted by molar-refractivity contribution is 6.05. The summed E-state index contributed by atoms with van der Waals surface area (Å²) in [4.78, 5) is 25.6. The lowest BCUT2D eigenvalue weighted by atomic mass is 9.95. The van der Waals surface area contributed by atoms with Crippen LogP contribution < -0.4 is 15.4 Å². The first-order chi connectivity index (χ1) is 13.6. The molecule has 2 amide bonds. The van der Waals surface area contributed by atoms with E-state index in [1.165, 1.54) is 25.5 Å². The third-order valence-corrected chi connectivity index (χ3v) is 5.73. The Morgan fingerprint density at radius 3 is 2.57 bits per heavy atom. The summed E-state index contributed by atoms with van der Waals surface area (Å²) in [5, 5.41) is 5.85. The van der Waals surface area contributed by atoms with Gasteiger partial charge in [0, 0.05) is 17.7 Å². The lowest BCUT2D eigenvalue weighted by Gasteiger charge is -2.23. The van der Waals surface area contributed by atoms with E-state index >= 15 is 0 Å². The smallest absolute Gasteiger partial charge is 0.268 e. The maximum atomic E-state index is 12.9. The van der Waals surface area contributed by atoms with Gasteiger partial charge in [-0.3, -0.25) is 9.59 Å². The van der Waals surface area contributed by atoms with Crippen LogP contribution in [0.1, 0.15) is 41.8 Å². The quantitative estimate of drug-likeness (QED) is 0.753. The molecule has 3 atom stereocenters. The molecule has 2 aromatic rings. The van der Waals surface area contributed by atoms with E-state index in [0.717, 1.165) is 12.3 Å². The van der Waals surface area contributed by atoms with E-state index in [1.807, 2.05) is 0 Å². The van der Waals surface area contributed by atoms with Crippen molar-refractivity contribution in [1.29, 1.82) is 0 Å². The highest BCUT2D eigenvalue weighted by Crippen LogP contribution is 2.44. The summed E-state index contributed by atoms with van der Waals surface area (Å²) >= 11 is 0. The molecule has 2 fully saturated rings. The molecule has 2 aliphatic rings. The summed E-state index contributed by atoms with van der Waals surface area (Å²) in [5.74, 6) is 1.81. The highest BCUT2D eigenvalue weighted by atomic mass is 16.5. The van der Waals surface area contributed by atoms with Gasteiger partial charge in [0.25, 0.3) is 11.8 Å². The Labute approximate surface area is 163 Å². The minimum Gasteiger partial charge on any atom is -0.497 e. The van der Waals surface area contributed by atoms with Crippen LogP contribution in [0.5, 0.6) is 5.75 Å². The second kappa shape index (κ2) is 7.92. The van der Waals surface area contributed by atoms with Crippen molar-refractivity contribution in [1.82, 2.24) is 10.6 Å². The standard InChI is InChI=1S/C22H24N2O4/c1-27-17-8-6-15(7-9-17)21(25)24-20(13-18-3-2-10-28-18)22(26)23-19-12-14-4-5-16(19)11-14/h2-3,6-10,13-14,16,19H,4-5,11-12H2,1H3,(H,23,26)(H,24,25)/b20-13-/t14-,16+,19+/m0/s1. The lowest BCUT2D eigenvalue weighted by Crippen LogP contribution is -2.42. The Morgan fingerprint density at radius 1 is 1.14 bits per heavy atom. The van der Waals surface area contributed by atoms with E-state index in [-0.39, 0.29) is 23.6 Å². The minimum absolute atomic E-state index is 0.179. The summed E-state index contributed by atoms with van der Waals surface area (Å²) in [6.07, 6.45) is 7.75. The number of rotatable bonds is 6. The molecule has 1 heterocycles. The molecule has 0 radical (unpaired) electrons. The van der Waals surface area contributed by atoms with Gasteiger partial charge in [0.2, 0.25) is 0 Å². The van der Waals surface area contributed by atoms with Crippen molar-refractivity contribution in [2.24, 2.45) is 11.8 Å². The van der Waals surface area contributed by atoms with Crippen molar-refractivity contribution in [3.05, 3.63) is 59.7 Å². The van der Waals surface area contributed by atoms with Gasteiger partial charge in [0.1, 0.15) is 17.2 Å². The van der Waals surface area contributed by atoms with E-state index in [4.69, 9.17) is 9.15 Å². The second-order valence-electron chi connectivity index (χ2n) is 7.51. The predicted octanol–water partition coefficient (Wildman–Crippen LogP) is 3.36. The van der Waals surface area contributed by atoms with Gasteiger partial charge in [-0.05, 0) is 67.5 Å². The monoisotopic (exact) mass is 380 g/mol. The van der Waals surface area contributed by atoms with Crippen LogP contribution >= 0.6 is 0 Å². The molecule has 6 nitrogen and oxygen atoms in total. The molecule has 0 spiro atoms. The Morgan fingerprint density at radius 2 is 1.96 bits per heavy atom. The Kier molecular flexibility index (Phi) is 5.19. The van der Waals surface area contributed by atoms with Gasteiger partial charge in [-0.1, -0.05) is 6.42 Å². The number of hydrogen-bond acceptors (Lipinski definition) is 4. The fraction of sp³-hybridized carbons (Fsp3) is 0.364. The first-order valence-corrected chi connectivity index (χ1v) is 9.64. The van der Waals surface area contributed by atoms with Crippen LogP contribution in [0.3, 0.4) is 0 Å². The third kappa shape index (κ3) is 3.96. The summed E-state index contributed by atoms with van der Waals surface area (Å²) in [5.41, 5.74) is 0.623. The second-order valence-corrected chi connectivity index (χ2v) is 7.51. The zero-order valence-electron chi connectivity index (χ0n) is 15.8. The van der Waals surface area contributed by atoms with Gasteiger partial charge in [0.15, 0.2) is 0 Å². The number of fused-ring (bicyclic) bond motifs is 2. The van der Waals surface area contributed by atoms with Crippen molar-refractivity contribution in [3.63, 3.8) is 0 Å². The molecule has 0 unspecified atom stereocenters. The summed E-state index contributed by atoms with van der Waals surface area (Å²) in [7, 11) is 1.57. The van der Waals surface area contributed by atoms with Crippen molar-refractivity contribution >= 4 is 17.9 Å². The number of methoxy groups -OCH3 is 1. The molecule has 2 bridgehead atoms. The van der Waals surface area contributed by atoms with Crippen molar-refractivity contribution in [2.45, 2.75) is 31.7 Å². The number of nitrogens with one attached hydrogen (secondary N) is 2. The van der Waals surface area contributed by atoms with Gasteiger partial charge >= 0.3 is 0 Å². The van der Waals surface area contributed by atoms with Crippen LogP contribution in [0.25, 0.3) is 6.08 Å². The van der Waals surface area contributed by atoms with E-state index in [0.29, 0.717) is 23.0 Å². The van der Waals surface area contributed by atoms with Crippen LogP contribution in [0, 0.1) is 11.8 Å². The number of ether oxygens (including phenoxy) is 1. The topological polar surface area (TPSA) is 80.6 Å². The highest BCUT2D eigenvalue weighted by Gasteiger charge is 2.40. The summed E-state index contributed by atoms with van der Waals surface area (Å²) in [6.45, 7) is 0. The van der Waals surface area contributed by atoms with Crippen LogP contribution in [-0.2, 0) is 4.79 Å². The molecule has 1 aromatic carbocycles. The average molecular weight is 380 g/mol. The largest absolute Gasteiger partial charge is 0.497 e. The molecule has 28 heavy (non-hydrogen) atoms. The molecule has 4 rings (SSSR count). The maximum absolute atomic E-state index is 12.9. The van der Waals surface area contributed by atoms with Gasteiger partial charge in [-0.2, -0.15) is 0 Å². The number of carbonyl (C=O) groups excluding carboxylic acids is 2. The summed E-state index contributed by atoms with van der Waals surface area (Å²) in [6, 6.07) is 10.4. The fourth-order valence-electron chi connectivity index (χ4n) is 4.28. The molecule has 0 saturated heterocycles. The van der Waals surface area contributed by atoms with E-state index in [2.05, 4.69) is 10.6 Å². The first kappa shape index (κ1) is 18.3. The lowest BCUT2D eigenvalue weighted by molar-refractivity contribution is -0.118. The molecule has 1 aromatic heterocycles. The predicted molar refractivity (Wildman–Crippen MR) is 105 cm³/mol. The SMILES string of the molecule is COc1ccc(C(=O)N/C(=C\c2ccco2)C(=O)N[C@@H]2C[C@H]3CC[C@@H]2C3)cc1. The zero-order valence-corrected chi connectivity index (χ0v) is 15.8. The van der Waals surface area contributed by atoms with E-state index < -0.39 is 0 Å². The Bertz CT molecular complexity index is 870. The number of hydrogen-bond donors (Lipinski definition) is 2. The molecule has 146 valence electrons. The van der Waals surface area contributed by atoms with Crippen molar-refractivity contribution in [3.8, 4) is 5.75 Å². The fourth-order valence-corrected chi connectivity index (χ4v) is 4.28. The van der Waals surface area contributed by atoms with Crippen molar-refractivity contribution in [2.75, 3.05) is 7.11 Å². The molecule has 2 aliphatic carbocycles. The van der Waals surface area contributed by atoms with Gasteiger partial charge in [-0.25, -0.2) is 0 Å². The molecule has 6 heteroatoms. The third-order valence-electron chi connectivity index (χ3n) is 5.73. The Balaban J connectivity index is 1.50. The van der Waals surface area contributed by atoms with Crippen LogP contribution in [-0.4, -0.2) is 25.0 Å². The number of carbonyl (C=O) groups is 2. The van der Waals surface area contributed by atoms with Gasteiger partial charge < -0.3 is 19.8 Å². The van der Waals surface area contributed by atoms with Gasteiger partial charge in [-0.15, -0.1) is 0 Å². The average Bonchev–Trinajstić information content (AvgIpc) is 3.46. The normalized spacial score (nSPS) is 23.5. The molecule has 2 N–H and O–H groups in total. The first-order valence-electron chi connectivity index (χ1n) is 9.64. The van der Waals surface area contributed by atoms with Crippen LogP contribution in [0.15, 0.2) is 52.8 Å². The van der Waals surface area contributed by atoms with Gasteiger partial charge in [0.05, 0.1) is 13.4 Å². The number of amides is 2. The maximum Gasteiger partial charge on any atom is 0.268 e. The van der Waals surface area contributed by atoms with Crippen LogP contribution in [0.2, 0.25) is 0 Å². The molecule has 0 aliphatic heterocycles. The van der Waals surface area contributed by atoms with Crippen LogP contribution in [0.4, 0.5) is 0 Å². The zero-order chi connectivity index (χ0) is 19.5. The molecule has 2 saturated carbocycles. The summed E-state index contributed by atoms with van der Waals surface area (Å²) < 4.78 is 10.4. The van der Waals surface area contributed by atoms with E-state index in [9.17, 15) is 9.59 Å². The molecular formula is C22H24N2O4. The van der Waals surface area contributed by atoms with E-state index in [1.54, 1.807) is 49.6 Å². The van der Waals surface area contributed by atoms with Crippen molar-refractivity contribution < 1.29 is 18.7 Å². The molecular weight excluding hydrogens is 356 g/mol. The minimum atomic E-state index is -0.358. The Hall–Kier alpha value is -3.02. The number of furan rings is 1. The number of benzene rings is 1.